The van der Waals surface area contributed by atoms with Gasteiger partial charge >= 0.3 is 5.56 Å². The molecule has 9 heteroatoms. The van der Waals surface area contributed by atoms with Gasteiger partial charge in [-0.3, -0.25) is 9.59 Å². The molecule has 0 bridgehead atoms. The predicted octanol–water partition coefficient (Wildman–Crippen LogP) is -0.783. The molecule has 2 heterocycles. The van der Waals surface area contributed by atoms with Gasteiger partial charge in [-0.25, -0.2) is 8.42 Å². The van der Waals surface area contributed by atoms with Crippen LogP contribution in [0.4, 0.5) is 0 Å². The molecule has 0 spiro atoms. The summed E-state index contributed by atoms with van der Waals surface area (Å²) in [4.78, 5) is 28.7. The molecule has 1 N–H and O–H groups in total. The number of fused-ring (bicyclic) bond motifs is 1. The van der Waals surface area contributed by atoms with Crippen LogP contribution >= 0.6 is 0 Å². The van der Waals surface area contributed by atoms with Crippen LogP contribution in [-0.2, 0) is 16.4 Å². The van der Waals surface area contributed by atoms with Crippen molar-refractivity contribution in [1.29, 1.82) is 0 Å². The SMILES string of the molecule is CC(C)N1CCn2c(S(C)(=O)=O)nc(=O)c(O)c2C1=O. The highest BCUT2D eigenvalue weighted by atomic mass is 32.2. The highest BCUT2D eigenvalue weighted by molar-refractivity contribution is 7.90. The maximum atomic E-state index is 12.3. The molecule has 8 nitrogen and oxygen atoms in total. The Morgan fingerprint density at radius 2 is 1.85 bits per heavy atom. The Morgan fingerprint density at radius 1 is 1.25 bits per heavy atom. The third-order valence-electron chi connectivity index (χ3n) is 3.11. The molecule has 1 aliphatic rings. The van der Waals surface area contributed by atoms with E-state index >= 15 is 0 Å². The van der Waals surface area contributed by atoms with Gasteiger partial charge in [0, 0.05) is 25.4 Å². The maximum absolute atomic E-state index is 12.3. The molecule has 0 saturated carbocycles. The second-order valence-electron chi connectivity index (χ2n) is 4.91. The minimum absolute atomic E-state index is 0.124. The van der Waals surface area contributed by atoms with Gasteiger partial charge in [-0.2, -0.15) is 4.98 Å². The number of hydrogen-bond acceptors (Lipinski definition) is 6. The number of sulfone groups is 1. The normalized spacial score (nSPS) is 15.6. The van der Waals surface area contributed by atoms with Gasteiger partial charge in [-0.1, -0.05) is 0 Å². The minimum Gasteiger partial charge on any atom is -0.501 e. The van der Waals surface area contributed by atoms with Crippen molar-refractivity contribution in [3.63, 3.8) is 0 Å². The molecule has 1 aliphatic heterocycles. The molecule has 0 radical (unpaired) electrons. The fourth-order valence-corrected chi connectivity index (χ4v) is 3.00. The standard InChI is InChI=1S/C11H15N3O5S/c1-6(2)13-4-5-14-7(10(13)17)8(15)9(16)12-11(14)20(3,18)19/h6,15H,4-5H2,1-3H3. The van der Waals surface area contributed by atoms with Crippen molar-refractivity contribution < 1.29 is 18.3 Å². The molecule has 2 rings (SSSR count). The third kappa shape index (κ3) is 2.17. The number of carbonyl (C=O) groups excluding carboxylic acids is 1. The number of nitrogens with zero attached hydrogens (tertiary/aromatic N) is 3. The van der Waals surface area contributed by atoms with Crippen LogP contribution in [0.3, 0.4) is 0 Å². The van der Waals surface area contributed by atoms with E-state index in [9.17, 15) is 23.1 Å². The molecular formula is C11H15N3O5S. The molecule has 0 fully saturated rings. The average molecular weight is 301 g/mol. The third-order valence-corrected chi connectivity index (χ3v) is 4.08. The Balaban J connectivity index is 2.78. The lowest BCUT2D eigenvalue weighted by atomic mass is 10.2. The molecule has 0 atom stereocenters. The van der Waals surface area contributed by atoms with Gasteiger partial charge < -0.3 is 14.6 Å². The van der Waals surface area contributed by atoms with Gasteiger partial charge in [-0.05, 0) is 13.8 Å². The summed E-state index contributed by atoms with van der Waals surface area (Å²) in [6.45, 7) is 4.03. The summed E-state index contributed by atoms with van der Waals surface area (Å²) in [5, 5.41) is 9.27. The Hall–Kier alpha value is -1.90. The highest BCUT2D eigenvalue weighted by Crippen LogP contribution is 2.23. The van der Waals surface area contributed by atoms with E-state index in [0.29, 0.717) is 0 Å². The number of aromatic hydroxyl groups is 1. The molecule has 0 aromatic carbocycles. The Labute approximate surface area is 115 Å². The zero-order valence-electron chi connectivity index (χ0n) is 11.3. The lowest BCUT2D eigenvalue weighted by Gasteiger charge is -2.33. The Kier molecular flexibility index (Phi) is 3.32. The lowest BCUT2D eigenvalue weighted by Crippen LogP contribution is -2.46. The van der Waals surface area contributed by atoms with Crippen LogP contribution in [0.15, 0.2) is 9.95 Å². The van der Waals surface area contributed by atoms with E-state index in [1.807, 2.05) is 0 Å². The first kappa shape index (κ1) is 14.5. The van der Waals surface area contributed by atoms with Crippen LogP contribution < -0.4 is 5.56 Å². The van der Waals surface area contributed by atoms with Crippen molar-refractivity contribution in [3.8, 4) is 5.75 Å². The van der Waals surface area contributed by atoms with Crippen molar-refractivity contribution in [1.82, 2.24) is 14.5 Å². The smallest absolute Gasteiger partial charge is 0.316 e. The van der Waals surface area contributed by atoms with Crippen LogP contribution in [0.5, 0.6) is 5.75 Å². The minimum atomic E-state index is -3.77. The molecule has 1 aromatic rings. The first-order valence-corrected chi connectivity index (χ1v) is 7.88. The fourth-order valence-electron chi connectivity index (χ4n) is 2.17. The van der Waals surface area contributed by atoms with Gasteiger partial charge in [0.2, 0.25) is 20.7 Å². The van der Waals surface area contributed by atoms with E-state index in [1.54, 1.807) is 13.8 Å². The first-order chi connectivity index (χ1) is 9.14. The molecule has 0 unspecified atom stereocenters. The van der Waals surface area contributed by atoms with Crippen LogP contribution in [-0.4, -0.2) is 52.7 Å². The van der Waals surface area contributed by atoms with Gasteiger partial charge in [0.25, 0.3) is 5.91 Å². The number of carbonyl (C=O) groups is 1. The van der Waals surface area contributed by atoms with Crippen molar-refractivity contribution >= 4 is 15.7 Å². The Bertz CT molecular complexity index is 735. The number of hydrogen-bond donors (Lipinski definition) is 1. The van der Waals surface area contributed by atoms with Crippen LogP contribution in [0.1, 0.15) is 24.3 Å². The van der Waals surface area contributed by atoms with Crippen molar-refractivity contribution in [2.75, 3.05) is 12.8 Å². The number of amides is 1. The second-order valence-corrected chi connectivity index (χ2v) is 6.82. The van der Waals surface area contributed by atoms with Crippen molar-refractivity contribution in [2.24, 2.45) is 0 Å². The van der Waals surface area contributed by atoms with E-state index in [0.717, 1.165) is 10.8 Å². The van der Waals surface area contributed by atoms with Crippen LogP contribution in [0.25, 0.3) is 0 Å². The topological polar surface area (TPSA) is 110 Å². The molecule has 0 aliphatic carbocycles. The van der Waals surface area contributed by atoms with Crippen molar-refractivity contribution in [3.05, 3.63) is 16.0 Å². The summed E-state index contributed by atoms with van der Waals surface area (Å²) >= 11 is 0. The summed E-state index contributed by atoms with van der Waals surface area (Å²) in [6, 6.07) is -0.124. The molecule has 110 valence electrons. The van der Waals surface area contributed by atoms with E-state index in [2.05, 4.69) is 4.98 Å². The van der Waals surface area contributed by atoms with Gasteiger partial charge in [0.15, 0.2) is 5.69 Å². The quantitative estimate of drug-likeness (QED) is 0.717. The van der Waals surface area contributed by atoms with Crippen LogP contribution in [0, 0.1) is 0 Å². The van der Waals surface area contributed by atoms with Crippen LogP contribution in [0.2, 0.25) is 0 Å². The Morgan fingerprint density at radius 3 is 2.35 bits per heavy atom. The summed E-state index contributed by atoms with van der Waals surface area (Å²) in [5.41, 5.74) is -1.43. The molecule has 1 aromatic heterocycles. The maximum Gasteiger partial charge on any atom is 0.316 e. The first-order valence-electron chi connectivity index (χ1n) is 5.99. The van der Waals surface area contributed by atoms with Gasteiger partial charge in [0.05, 0.1) is 0 Å². The summed E-state index contributed by atoms with van der Waals surface area (Å²) < 4.78 is 24.4. The highest BCUT2D eigenvalue weighted by Gasteiger charge is 2.34. The van der Waals surface area contributed by atoms with E-state index in [-0.39, 0.29) is 24.8 Å². The second kappa shape index (κ2) is 4.58. The molecule has 20 heavy (non-hydrogen) atoms. The lowest BCUT2D eigenvalue weighted by molar-refractivity contribution is 0.0632. The summed E-state index contributed by atoms with van der Waals surface area (Å²) in [6.07, 6.45) is 0.901. The van der Waals surface area contributed by atoms with E-state index < -0.39 is 32.2 Å². The predicted molar refractivity (Wildman–Crippen MR) is 69.4 cm³/mol. The number of rotatable bonds is 2. The van der Waals surface area contributed by atoms with E-state index in [1.165, 1.54) is 4.90 Å². The molecular weight excluding hydrogens is 286 g/mol. The number of aromatic nitrogens is 2. The fraction of sp³-hybridized carbons (Fsp3) is 0.545. The monoisotopic (exact) mass is 301 g/mol. The van der Waals surface area contributed by atoms with Gasteiger partial charge in [0.1, 0.15) is 0 Å². The zero-order valence-corrected chi connectivity index (χ0v) is 12.1. The van der Waals surface area contributed by atoms with E-state index in [4.69, 9.17) is 0 Å². The van der Waals surface area contributed by atoms with Crippen molar-refractivity contribution in [2.45, 2.75) is 31.6 Å². The summed E-state index contributed by atoms with van der Waals surface area (Å²) in [7, 11) is -3.77. The zero-order chi connectivity index (χ0) is 15.2. The molecule has 0 saturated heterocycles. The average Bonchev–Trinajstić information content (AvgIpc) is 2.31. The molecule has 1 amide bonds. The van der Waals surface area contributed by atoms with Gasteiger partial charge in [-0.15, -0.1) is 0 Å². The largest absolute Gasteiger partial charge is 0.501 e. The summed E-state index contributed by atoms with van der Waals surface area (Å²) in [5.74, 6) is -1.39.